The number of aromatic nitrogens is 4. The van der Waals surface area contributed by atoms with E-state index >= 15 is 4.39 Å². The average Bonchev–Trinajstić information content (AvgIpc) is 3.33. The molecule has 2 aliphatic rings. The number of hydrogen-bond acceptors (Lipinski definition) is 8. The van der Waals surface area contributed by atoms with Gasteiger partial charge in [-0.25, -0.2) is 19.3 Å². The SMILES string of the molecule is [2H]C1([2H])O[C@H]2O[C@@H]1[C@@H](O)[C@H](Nc1ncc(Cl)c(-c3cc(F)c4nc(C(C)(C)O)n(C(C)C)c4c3)n1)[C@@H]2C. The topological polar surface area (TPSA) is 115 Å². The van der Waals surface area contributed by atoms with Crippen molar-refractivity contribution >= 4 is 28.6 Å². The Morgan fingerprint density at radius 1 is 1.34 bits per heavy atom. The van der Waals surface area contributed by atoms with Gasteiger partial charge in [0.2, 0.25) is 5.95 Å². The van der Waals surface area contributed by atoms with Gasteiger partial charge in [-0.1, -0.05) is 18.5 Å². The van der Waals surface area contributed by atoms with Crippen molar-refractivity contribution in [2.75, 3.05) is 11.9 Å². The summed E-state index contributed by atoms with van der Waals surface area (Å²) >= 11 is 6.43. The summed E-state index contributed by atoms with van der Waals surface area (Å²) in [4.78, 5) is 13.1. The van der Waals surface area contributed by atoms with Crippen molar-refractivity contribution in [2.45, 2.75) is 70.8 Å². The maximum absolute atomic E-state index is 15.3. The lowest BCUT2D eigenvalue weighted by Gasteiger charge is -2.37. The van der Waals surface area contributed by atoms with Crippen molar-refractivity contribution in [1.82, 2.24) is 19.5 Å². The van der Waals surface area contributed by atoms with Crippen molar-refractivity contribution in [3.63, 3.8) is 0 Å². The van der Waals surface area contributed by atoms with E-state index in [9.17, 15) is 10.2 Å². The van der Waals surface area contributed by atoms with Crippen LogP contribution in [0.2, 0.25) is 5.02 Å². The predicted octanol–water partition coefficient (Wildman–Crippen LogP) is 3.63. The van der Waals surface area contributed by atoms with E-state index in [1.165, 1.54) is 12.3 Å². The fourth-order valence-corrected chi connectivity index (χ4v) is 4.83. The maximum atomic E-state index is 15.3. The zero-order chi connectivity index (χ0) is 27.0. The van der Waals surface area contributed by atoms with Gasteiger partial charge in [-0.3, -0.25) is 0 Å². The average molecular weight is 508 g/mol. The Balaban J connectivity index is 1.55. The van der Waals surface area contributed by atoms with Crippen LogP contribution in [0.5, 0.6) is 0 Å². The van der Waals surface area contributed by atoms with E-state index in [0.29, 0.717) is 16.9 Å². The first kappa shape index (κ1) is 21.9. The third-order valence-corrected chi connectivity index (χ3v) is 6.66. The first-order chi connectivity index (χ1) is 17.2. The molecule has 0 radical (unpaired) electrons. The highest BCUT2D eigenvalue weighted by Gasteiger charge is 2.48. The Hall–Kier alpha value is -2.37. The molecule has 2 fully saturated rings. The molecular weight excluding hydrogens is 477 g/mol. The highest BCUT2D eigenvalue weighted by Crippen LogP contribution is 2.36. The number of rotatable bonds is 5. The summed E-state index contributed by atoms with van der Waals surface area (Å²) in [6.45, 7) is 6.66. The van der Waals surface area contributed by atoms with E-state index in [1.54, 1.807) is 31.4 Å². The van der Waals surface area contributed by atoms with E-state index < -0.39 is 48.4 Å². The molecule has 3 N–H and O–H groups in total. The molecular formula is C24H29ClFN5O4. The van der Waals surface area contributed by atoms with Crippen molar-refractivity contribution < 1.29 is 26.8 Å². The molecule has 2 aromatic heterocycles. The minimum atomic E-state index is -2.13. The molecule has 2 saturated heterocycles. The number of hydrogen-bond donors (Lipinski definition) is 3. The van der Waals surface area contributed by atoms with Gasteiger partial charge in [-0.2, -0.15) is 0 Å². The quantitative estimate of drug-likeness (QED) is 0.479. The lowest BCUT2D eigenvalue weighted by molar-refractivity contribution is -0.154. The Morgan fingerprint density at radius 3 is 2.77 bits per heavy atom. The number of nitrogens with one attached hydrogen (secondary N) is 1. The van der Waals surface area contributed by atoms with Crippen LogP contribution in [0.15, 0.2) is 18.3 Å². The lowest BCUT2D eigenvalue weighted by Crippen LogP contribution is -2.53. The molecule has 1 aromatic carbocycles. The van der Waals surface area contributed by atoms with Gasteiger partial charge in [0.05, 0.1) is 37.8 Å². The smallest absolute Gasteiger partial charge is 0.223 e. The molecule has 11 heteroatoms. The van der Waals surface area contributed by atoms with Gasteiger partial charge in [0.15, 0.2) is 12.1 Å². The van der Waals surface area contributed by atoms with Crippen LogP contribution in [0.1, 0.15) is 49.2 Å². The summed E-state index contributed by atoms with van der Waals surface area (Å²) < 4.78 is 43.9. The van der Waals surface area contributed by atoms with Gasteiger partial charge < -0.3 is 29.6 Å². The van der Waals surface area contributed by atoms with Gasteiger partial charge in [0, 0.05) is 17.5 Å². The zero-order valence-electron chi connectivity index (χ0n) is 22.0. The molecule has 5 atom stereocenters. The Labute approximate surface area is 210 Å². The first-order valence-electron chi connectivity index (χ1n) is 12.4. The van der Waals surface area contributed by atoms with Crippen LogP contribution in [0, 0.1) is 11.7 Å². The van der Waals surface area contributed by atoms with Gasteiger partial charge in [0.25, 0.3) is 0 Å². The van der Waals surface area contributed by atoms with Gasteiger partial charge in [0.1, 0.15) is 29.2 Å². The highest BCUT2D eigenvalue weighted by molar-refractivity contribution is 6.33. The standard InChI is InChI=1S/C24H29ClFN5O4/c1-10(2)31-15-7-12(6-14(26)19(15)28-22(31)24(4,5)33)18-13(25)8-27-23(30-18)29-17-11(3)21-34-9-16(35-21)20(17)32/h6-8,10-11,16-17,20-21,32-33H,9H2,1-5H3,(H,27,29,30)/t11-,16-,17+,20+,21-/m0/s1/i9D2. The molecule has 9 nitrogen and oxygen atoms in total. The second-order valence-electron chi connectivity index (χ2n) is 9.85. The summed E-state index contributed by atoms with van der Waals surface area (Å²) in [5.74, 6) is -0.567. The number of benzene rings is 1. The van der Waals surface area contributed by atoms with Crippen LogP contribution in [0.3, 0.4) is 0 Å². The minimum Gasteiger partial charge on any atom is -0.388 e. The summed E-state index contributed by atoms with van der Waals surface area (Å²) in [5, 5.41) is 24.7. The largest absolute Gasteiger partial charge is 0.388 e. The third kappa shape index (κ3) is 4.17. The van der Waals surface area contributed by atoms with Crippen LogP contribution in [-0.4, -0.2) is 60.8 Å². The number of ether oxygens (including phenoxy) is 2. The van der Waals surface area contributed by atoms with Crippen molar-refractivity contribution in [3.05, 3.63) is 35.0 Å². The molecule has 3 aromatic rings. The van der Waals surface area contributed by atoms with Crippen LogP contribution < -0.4 is 5.32 Å². The number of imidazole rings is 1. The summed E-state index contributed by atoms with van der Waals surface area (Å²) in [5.41, 5.74) is -0.0489. The molecule has 0 unspecified atom stereocenters. The third-order valence-electron chi connectivity index (χ3n) is 6.38. The van der Waals surface area contributed by atoms with Gasteiger partial charge in [-0.15, -0.1) is 0 Å². The van der Waals surface area contributed by atoms with Crippen molar-refractivity contribution in [1.29, 1.82) is 0 Å². The number of fused-ring (bicyclic) bond motifs is 3. The number of aliphatic hydroxyl groups excluding tert-OH is 1. The van der Waals surface area contributed by atoms with Crippen molar-refractivity contribution in [3.8, 4) is 11.3 Å². The van der Waals surface area contributed by atoms with E-state index in [2.05, 4.69) is 20.3 Å². The second kappa shape index (κ2) is 8.63. The monoisotopic (exact) mass is 507 g/mol. The van der Waals surface area contributed by atoms with E-state index in [-0.39, 0.29) is 28.2 Å². The van der Waals surface area contributed by atoms with E-state index in [0.717, 1.165) is 0 Å². The van der Waals surface area contributed by atoms with Crippen LogP contribution in [-0.2, 0) is 15.1 Å². The lowest BCUT2D eigenvalue weighted by atomic mass is 9.91. The molecule has 0 aliphatic carbocycles. The van der Waals surface area contributed by atoms with Crippen LogP contribution >= 0.6 is 11.6 Å². The summed E-state index contributed by atoms with van der Waals surface area (Å²) in [6, 6.07) is 2.20. The molecule has 188 valence electrons. The predicted molar refractivity (Wildman–Crippen MR) is 129 cm³/mol. The molecule has 2 bridgehead atoms. The molecule has 5 rings (SSSR count). The maximum Gasteiger partial charge on any atom is 0.223 e. The minimum absolute atomic E-state index is 0.116. The number of anilines is 1. The zero-order valence-corrected chi connectivity index (χ0v) is 20.7. The fraction of sp³-hybridized carbons (Fsp3) is 0.542. The molecule has 0 saturated carbocycles. The van der Waals surface area contributed by atoms with E-state index in [1.807, 2.05) is 13.8 Å². The van der Waals surface area contributed by atoms with Gasteiger partial charge >= 0.3 is 0 Å². The summed E-state index contributed by atoms with van der Waals surface area (Å²) in [7, 11) is 0. The first-order valence-corrected chi connectivity index (χ1v) is 11.8. The van der Waals surface area contributed by atoms with Crippen molar-refractivity contribution in [2.24, 2.45) is 5.92 Å². The number of aliphatic hydroxyl groups is 2. The Kier molecular flexibility index (Phi) is 5.40. The molecule has 4 heterocycles. The van der Waals surface area contributed by atoms with Crippen LogP contribution in [0.4, 0.5) is 10.3 Å². The second-order valence-corrected chi connectivity index (χ2v) is 10.3. The number of halogens is 2. The van der Waals surface area contributed by atoms with Gasteiger partial charge in [-0.05, 0) is 39.8 Å². The number of nitrogens with zero attached hydrogens (tertiary/aromatic N) is 4. The van der Waals surface area contributed by atoms with Crippen LogP contribution in [0.25, 0.3) is 22.3 Å². The molecule has 0 amide bonds. The molecule has 35 heavy (non-hydrogen) atoms. The highest BCUT2D eigenvalue weighted by atomic mass is 35.5. The summed E-state index contributed by atoms with van der Waals surface area (Å²) in [6.07, 6.45) is -1.88. The Morgan fingerprint density at radius 2 is 2.09 bits per heavy atom. The fourth-order valence-electron chi connectivity index (χ4n) is 4.63. The normalized spacial score (nSPS) is 28.9. The van der Waals surface area contributed by atoms with E-state index in [4.69, 9.17) is 23.8 Å². The molecule has 0 spiro atoms. The molecule has 2 aliphatic heterocycles. The Bertz CT molecular complexity index is 1370.